The fraction of sp³-hybridized carbons (Fsp3) is 0.233. The molecule has 0 fully saturated rings. The summed E-state index contributed by atoms with van der Waals surface area (Å²) in [6.07, 6.45) is 2.52. The molecular formula is C30H31N7O6. The number of carbonyl (C=O) groups excluding carboxylic acids is 2. The van der Waals surface area contributed by atoms with E-state index in [1.165, 1.54) is 12.1 Å². The number of carboxylic acids is 2. The molecule has 2 heterocycles. The summed E-state index contributed by atoms with van der Waals surface area (Å²) in [5.41, 5.74) is 14.9. The van der Waals surface area contributed by atoms with Crippen LogP contribution in [-0.4, -0.2) is 54.8 Å². The number of nitrogens with zero attached hydrogens (tertiary/aromatic N) is 3. The van der Waals surface area contributed by atoms with Crippen molar-refractivity contribution in [2.24, 2.45) is 0 Å². The summed E-state index contributed by atoms with van der Waals surface area (Å²) < 4.78 is 0. The number of aromatic carboxylic acids is 1. The van der Waals surface area contributed by atoms with Crippen molar-refractivity contribution in [3.05, 3.63) is 82.5 Å². The zero-order chi connectivity index (χ0) is 31.1. The molecule has 1 atom stereocenters. The number of Topliss-reactive ketones (excluding diaryl/α,β-unsaturated/α-hetero) is 1. The van der Waals surface area contributed by atoms with Crippen molar-refractivity contribution in [2.45, 2.75) is 45.2 Å². The molecule has 0 aliphatic carbocycles. The molecule has 0 spiro atoms. The fourth-order valence-corrected chi connectivity index (χ4v) is 4.63. The lowest BCUT2D eigenvalue weighted by atomic mass is 9.98. The Labute approximate surface area is 246 Å². The van der Waals surface area contributed by atoms with Gasteiger partial charge in [-0.25, -0.2) is 14.6 Å². The number of amides is 1. The molecule has 0 saturated carbocycles. The van der Waals surface area contributed by atoms with E-state index in [2.05, 4.69) is 25.6 Å². The fourth-order valence-electron chi connectivity index (χ4n) is 4.63. The molecule has 0 radical (unpaired) electrons. The lowest BCUT2D eigenvalue weighted by Gasteiger charge is -2.15. The van der Waals surface area contributed by atoms with Gasteiger partial charge in [0.15, 0.2) is 11.4 Å². The van der Waals surface area contributed by atoms with E-state index in [9.17, 15) is 29.4 Å². The summed E-state index contributed by atoms with van der Waals surface area (Å²) in [4.78, 5) is 60.8. The number of hydrogen-bond donors (Lipinski definition) is 6. The van der Waals surface area contributed by atoms with Crippen LogP contribution in [-0.2, 0) is 11.3 Å². The van der Waals surface area contributed by atoms with Crippen LogP contribution >= 0.6 is 0 Å². The summed E-state index contributed by atoms with van der Waals surface area (Å²) in [6.45, 7) is 2.30. The molecule has 13 heteroatoms. The number of nitrogen functional groups attached to an aromatic ring is 2. The van der Waals surface area contributed by atoms with Crippen LogP contribution < -0.4 is 22.1 Å². The molecule has 2 aromatic heterocycles. The molecule has 13 nitrogen and oxygen atoms in total. The van der Waals surface area contributed by atoms with Crippen LogP contribution in [0.4, 0.5) is 17.5 Å². The minimum absolute atomic E-state index is 0.0505. The van der Waals surface area contributed by atoms with Crippen LogP contribution in [0.2, 0.25) is 0 Å². The van der Waals surface area contributed by atoms with Crippen LogP contribution in [0.25, 0.3) is 11.0 Å². The number of unbranched alkanes of at least 4 members (excludes halogenated alkanes) is 1. The number of pyridine rings is 1. The average Bonchev–Trinajstić information content (AvgIpc) is 2.97. The predicted octanol–water partition coefficient (Wildman–Crippen LogP) is 3.43. The van der Waals surface area contributed by atoms with E-state index in [1.807, 2.05) is 6.92 Å². The van der Waals surface area contributed by atoms with E-state index in [-0.39, 0.29) is 47.1 Å². The maximum absolute atomic E-state index is 12.8. The molecule has 1 amide bonds. The number of aliphatic carboxylic acids is 1. The van der Waals surface area contributed by atoms with Crippen molar-refractivity contribution in [3.8, 4) is 0 Å². The Morgan fingerprint density at radius 1 is 0.930 bits per heavy atom. The highest BCUT2D eigenvalue weighted by Gasteiger charge is 2.21. The van der Waals surface area contributed by atoms with Gasteiger partial charge < -0.3 is 32.3 Å². The Hall–Kier alpha value is -5.59. The highest BCUT2D eigenvalue weighted by molar-refractivity contribution is 6.05. The van der Waals surface area contributed by atoms with Crippen LogP contribution in [0.5, 0.6) is 0 Å². The molecule has 0 saturated heterocycles. The Balaban J connectivity index is 1.29. The highest BCUT2D eigenvalue weighted by atomic mass is 16.4. The topological polar surface area (TPSA) is 224 Å². The summed E-state index contributed by atoms with van der Waals surface area (Å²) >= 11 is 0. The van der Waals surface area contributed by atoms with Crippen LogP contribution in [0.1, 0.15) is 67.9 Å². The molecule has 2 aromatic carbocycles. The number of hydrogen-bond acceptors (Lipinski definition) is 10. The number of aryl methyl sites for hydroxylation is 1. The van der Waals surface area contributed by atoms with Gasteiger partial charge in [-0.05, 0) is 61.2 Å². The largest absolute Gasteiger partial charge is 0.480 e. The molecule has 0 aliphatic rings. The average molecular weight is 586 g/mol. The Morgan fingerprint density at radius 2 is 1.63 bits per heavy atom. The summed E-state index contributed by atoms with van der Waals surface area (Å²) in [5.74, 6) is -2.96. The number of carboxylic acid groups (broad SMARTS) is 2. The Bertz CT molecular complexity index is 1690. The standard InChI is InChI=1S/C30H31N7O6/c1-16-18(15-34-26-24(16)25(31)36-30(32)37-26)14-33-19-12-10-17(11-13-19)27(39)35-22(29(42)43)8-4-5-9-23(38)20-6-2-3-7-21(20)28(40)41/h2-3,6-7,10-13,15,22,33H,4-5,8-9,14H2,1H3,(H,35,39)(H,40,41)(H,42,43)(H4,31,32,34,36,37)/t22-/m0/s1. The van der Waals surface area contributed by atoms with Gasteiger partial charge in [-0.1, -0.05) is 24.6 Å². The highest BCUT2D eigenvalue weighted by Crippen LogP contribution is 2.24. The number of carbonyl (C=O) groups is 4. The van der Waals surface area contributed by atoms with Gasteiger partial charge in [0, 0.05) is 36.0 Å². The zero-order valence-corrected chi connectivity index (χ0v) is 23.3. The molecule has 4 rings (SSSR count). The van der Waals surface area contributed by atoms with E-state index in [0.29, 0.717) is 30.4 Å². The number of nitrogens with two attached hydrogens (primary N) is 2. The number of rotatable bonds is 13. The smallest absolute Gasteiger partial charge is 0.336 e. The molecule has 0 bridgehead atoms. The first-order valence-corrected chi connectivity index (χ1v) is 13.5. The predicted molar refractivity (Wildman–Crippen MR) is 160 cm³/mol. The Kier molecular flexibility index (Phi) is 9.45. The molecule has 8 N–H and O–H groups in total. The van der Waals surface area contributed by atoms with Crippen molar-refractivity contribution in [3.63, 3.8) is 0 Å². The first-order chi connectivity index (χ1) is 20.5. The second-order valence-corrected chi connectivity index (χ2v) is 9.89. The van der Waals surface area contributed by atoms with Crippen LogP contribution in [0.3, 0.4) is 0 Å². The van der Waals surface area contributed by atoms with E-state index in [0.717, 1.165) is 16.8 Å². The number of anilines is 3. The monoisotopic (exact) mass is 585 g/mol. The number of aromatic nitrogens is 3. The van der Waals surface area contributed by atoms with Crippen molar-refractivity contribution < 1.29 is 29.4 Å². The number of nitrogens with one attached hydrogen (secondary N) is 2. The van der Waals surface area contributed by atoms with Gasteiger partial charge in [0.1, 0.15) is 11.9 Å². The zero-order valence-electron chi connectivity index (χ0n) is 23.3. The second-order valence-electron chi connectivity index (χ2n) is 9.89. The van der Waals surface area contributed by atoms with E-state index in [4.69, 9.17) is 11.5 Å². The van der Waals surface area contributed by atoms with Gasteiger partial charge >= 0.3 is 11.9 Å². The Morgan fingerprint density at radius 3 is 2.30 bits per heavy atom. The maximum Gasteiger partial charge on any atom is 0.336 e. The molecular weight excluding hydrogens is 554 g/mol. The second kappa shape index (κ2) is 13.4. The van der Waals surface area contributed by atoms with Gasteiger partial charge in [-0.2, -0.15) is 9.97 Å². The minimum Gasteiger partial charge on any atom is -0.480 e. The van der Waals surface area contributed by atoms with E-state index < -0.39 is 23.9 Å². The van der Waals surface area contributed by atoms with Crippen LogP contribution in [0.15, 0.2) is 54.7 Å². The van der Waals surface area contributed by atoms with Gasteiger partial charge in [0.05, 0.1) is 10.9 Å². The summed E-state index contributed by atoms with van der Waals surface area (Å²) in [7, 11) is 0. The molecule has 43 heavy (non-hydrogen) atoms. The lowest BCUT2D eigenvalue weighted by Crippen LogP contribution is -2.40. The van der Waals surface area contributed by atoms with E-state index >= 15 is 0 Å². The molecule has 4 aromatic rings. The third-order valence-electron chi connectivity index (χ3n) is 6.97. The lowest BCUT2D eigenvalue weighted by molar-refractivity contribution is -0.139. The van der Waals surface area contributed by atoms with Gasteiger partial charge in [0.25, 0.3) is 5.91 Å². The molecule has 0 unspecified atom stereocenters. The quantitative estimate of drug-likeness (QED) is 0.0980. The van der Waals surface area contributed by atoms with Crippen molar-refractivity contribution in [1.82, 2.24) is 20.3 Å². The van der Waals surface area contributed by atoms with Crippen LogP contribution in [0, 0.1) is 6.92 Å². The number of fused-ring (bicyclic) bond motifs is 1. The third kappa shape index (κ3) is 7.38. The molecule has 222 valence electrons. The molecule has 0 aliphatic heterocycles. The summed E-state index contributed by atoms with van der Waals surface area (Å²) in [5, 5.41) is 25.3. The third-order valence-corrected chi connectivity index (χ3v) is 6.97. The SMILES string of the molecule is Cc1c(CNc2ccc(C(=O)N[C@@H](CCCCC(=O)c3ccccc3C(=O)O)C(=O)O)cc2)cnc2nc(N)nc(N)c12. The van der Waals surface area contributed by atoms with Gasteiger partial charge in [-0.15, -0.1) is 0 Å². The first kappa shape index (κ1) is 30.4. The maximum atomic E-state index is 12.8. The minimum atomic E-state index is -1.19. The van der Waals surface area contributed by atoms with Crippen molar-refractivity contribution in [1.29, 1.82) is 0 Å². The van der Waals surface area contributed by atoms with Crippen molar-refractivity contribution >= 4 is 52.1 Å². The van der Waals surface area contributed by atoms with Crippen molar-refractivity contribution in [2.75, 3.05) is 16.8 Å². The van der Waals surface area contributed by atoms with Gasteiger partial charge in [-0.3, -0.25) is 9.59 Å². The first-order valence-electron chi connectivity index (χ1n) is 13.5. The normalized spacial score (nSPS) is 11.6. The number of ketones is 1. The van der Waals surface area contributed by atoms with Gasteiger partial charge in [0.2, 0.25) is 5.95 Å². The van der Waals surface area contributed by atoms with E-state index in [1.54, 1.807) is 42.6 Å². The summed E-state index contributed by atoms with van der Waals surface area (Å²) in [6, 6.07) is 11.4. The number of benzene rings is 2.